The molecule has 148 valence electrons. The Labute approximate surface area is 159 Å². The molecule has 1 atom stereocenters. The lowest BCUT2D eigenvalue weighted by molar-refractivity contribution is -0.262. The van der Waals surface area contributed by atoms with Crippen molar-refractivity contribution in [2.45, 2.75) is 31.1 Å². The number of nitrogens with zero attached hydrogens (tertiary/aromatic N) is 2. The SMILES string of the molecule is O=C(c1ccccc1F)N1CCOC2(C1)CN(C1CCOCC1)CCCO2. The van der Waals surface area contributed by atoms with E-state index in [-0.39, 0.29) is 11.5 Å². The molecule has 27 heavy (non-hydrogen) atoms. The summed E-state index contributed by atoms with van der Waals surface area (Å²) in [5.41, 5.74) is 0.101. The van der Waals surface area contributed by atoms with E-state index in [1.54, 1.807) is 17.0 Å². The molecule has 3 aliphatic rings. The molecule has 4 rings (SSSR count). The Kier molecular flexibility index (Phi) is 5.73. The second-order valence-electron chi connectivity index (χ2n) is 7.48. The Morgan fingerprint density at radius 1 is 1.04 bits per heavy atom. The van der Waals surface area contributed by atoms with Gasteiger partial charge in [-0.1, -0.05) is 12.1 Å². The highest BCUT2D eigenvalue weighted by Gasteiger charge is 2.43. The van der Waals surface area contributed by atoms with Gasteiger partial charge >= 0.3 is 0 Å². The smallest absolute Gasteiger partial charge is 0.257 e. The minimum absolute atomic E-state index is 0.101. The monoisotopic (exact) mass is 378 g/mol. The largest absolute Gasteiger partial charge is 0.381 e. The average molecular weight is 378 g/mol. The highest BCUT2D eigenvalue weighted by molar-refractivity contribution is 5.94. The second-order valence-corrected chi connectivity index (χ2v) is 7.48. The van der Waals surface area contributed by atoms with E-state index in [1.807, 2.05) is 0 Å². The number of halogens is 1. The first kappa shape index (κ1) is 18.8. The molecule has 0 aromatic heterocycles. The summed E-state index contributed by atoms with van der Waals surface area (Å²) in [7, 11) is 0. The van der Waals surface area contributed by atoms with Crippen LogP contribution in [0, 0.1) is 5.82 Å². The van der Waals surface area contributed by atoms with E-state index in [0.29, 0.717) is 38.9 Å². The summed E-state index contributed by atoms with van der Waals surface area (Å²) in [6.45, 7) is 4.90. The van der Waals surface area contributed by atoms with Crippen LogP contribution < -0.4 is 0 Å². The van der Waals surface area contributed by atoms with Gasteiger partial charge in [-0.3, -0.25) is 9.69 Å². The Bertz CT molecular complexity index is 667. The van der Waals surface area contributed by atoms with Crippen molar-refractivity contribution in [3.05, 3.63) is 35.6 Å². The maximum Gasteiger partial charge on any atom is 0.257 e. The standard InChI is InChI=1S/C20H27FN2O4/c21-18-5-2-1-4-17(18)19(24)23-9-13-27-20(15-23)14-22(8-3-10-26-20)16-6-11-25-12-7-16/h1-2,4-5,16H,3,6-15H2. The fourth-order valence-electron chi connectivity index (χ4n) is 4.24. The highest BCUT2D eigenvalue weighted by Crippen LogP contribution is 2.28. The van der Waals surface area contributed by atoms with Crippen LogP contribution in [0.25, 0.3) is 0 Å². The zero-order valence-corrected chi connectivity index (χ0v) is 15.6. The van der Waals surface area contributed by atoms with Crippen LogP contribution in [0.4, 0.5) is 4.39 Å². The molecule has 3 aliphatic heterocycles. The predicted octanol–water partition coefficient (Wildman–Crippen LogP) is 1.90. The molecule has 6 nitrogen and oxygen atoms in total. The van der Waals surface area contributed by atoms with E-state index in [9.17, 15) is 9.18 Å². The Balaban J connectivity index is 1.49. The third kappa shape index (κ3) is 4.16. The average Bonchev–Trinajstić information content (AvgIpc) is 2.91. The molecule has 3 fully saturated rings. The van der Waals surface area contributed by atoms with Gasteiger partial charge in [0.2, 0.25) is 0 Å². The number of ether oxygens (including phenoxy) is 3. The molecular formula is C20H27FN2O4. The third-order valence-electron chi connectivity index (χ3n) is 5.66. The Morgan fingerprint density at radius 2 is 1.81 bits per heavy atom. The van der Waals surface area contributed by atoms with Crippen molar-refractivity contribution < 1.29 is 23.4 Å². The van der Waals surface area contributed by atoms with E-state index in [4.69, 9.17) is 14.2 Å². The van der Waals surface area contributed by atoms with Crippen LogP contribution in [-0.4, -0.2) is 80.1 Å². The van der Waals surface area contributed by atoms with Crippen LogP contribution >= 0.6 is 0 Å². The van der Waals surface area contributed by atoms with Gasteiger partial charge in [0, 0.05) is 32.3 Å². The summed E-state index contributed by atoms with van der Waals surface area (Å²) in [4.78, 5) is 16.9. The molecule has 0 bridgehead atoms. The van der Waals surface area contributed by atoms with E-state index in [1.165, 1.54) is 12.1 Å². The number of carbonyl (C=O) groups is 1. The van der Waals surface area contributed by atoms with E-state index < -0.39 is 11.6 Å². The molecule has 1 aromatic rings. The number of hydrogen-bond acceptors (Lipinski definition) is 5. The van der Waals surface area contributed by atoms with Crippen molar-refractivity contribution in [2.24, 2.45) is 0 Å². The van der Waals surface area contributed by atoms with Crippen molar-refractivity contribution in [3.8, 4) is 0 Å². The van der Waals surface area contributed by atoms with E-state index in [2.05, 4.69) is 4.90 Å². The van der Waals surface area contributed by atoms with Gasteiger partial charge in [-0.2, -0.15) is 0 Å². The van der Waals surface area contributed by atoms with Gasteiger partial charge in [0.05, 0.1) is 31.9 Å². The van der Waals surface area contributed by atoms with Crippen molar-refractivity contribution in [1.29, 1.82) is 0 Å². The summed E-state index contributed by atoms with van der Waals surface area (Å²) < 4.78 is 31.7. The maximum absolute atomic E-state index is 14.1. The molecule has 0 aliphatic carbocycles. The van der Waals surface area contributed by atoms with Crippen LogP contribution in [0.15, 0.2) is 24.3 Å². The molecule has 0 radical (unpaired) electrons. The fourth-order valence-corrected chi connectivity index (χ4v) is 4.24. The Morgan fingerprint density at radius 3 is 2.63 bits per heavy atom. The van der Waals surface area contributed by atoms with Crippen LogP contribution in [0.5, 0.6) is 0 Å². The summed E-state index contributed by atoms with van der Waals surface area (Å²) in [5.74, 6) is -1.64. The van der Waals surface area contributed by atoms with Crippen molar-refractivity contribution in [2.75, 3.05) is 52.6 Å². The molecule has 1 spiro atoms. The lowest BCUT2D eigenvalue weighted by Gasteiger charge is -2.45. The normalized spacial score (nSPS) is 28.3. The zero-order chi connectivity index (χ0) is 18.7. The van der Waals surface area contributed by atoms with Crippen LogP contribution in [0.2, 0.25) is 0 Å². The minimum Gasteiger partial charge on any atom is -0.381 e. The number of benzene rings is 1. The van der Waals surface area contributed by atoms with Gasteiger partial charge in [-0.15, -0.1) is 0 Å². The van der Waals surface area contributed by atoms with Crippen molar-refractivity contribution in [3.63, 3.8) is 0 Å². The molecule has 0 N–H and O–H groups in total. The first-order chi connectivity index (χ1) is 13.2. The lowest BCUT2D eigenvalue weighted by Crippen LogP contribution is -2.60. The van der Waals surface area contributed by atoms with E-state index >= 15 is 0 Å². The lowest BCUT2D eigenvalue weighted by atomic mass is 10.0. The minimum atomic E-state index is -0.839. The molecule has 3 saturated heterocycles. The van der Waals surface area contributed by atoms with E-state index in [0.717, 1.165) is 39.0 Å². The van der Waals surface area contributed by atoms with Crippen molar-refractivity contribution >= 4 is 5.91 Å². The Hall–Kier alpha value is -1.54. The summed E-state index contributed by atoms with van der Waals surface area (Å²) in [6.07, 6.45) is 2.95. The van der Waals surface area contributed by atoms with Gasteiger partial charge in [-0.25, -0.2) is 4.39 Å². The number of rotatable bonds is 2. The highest BCUT2D eigenvalue weighted by atomic mass is 19.1. The zero-order valence-electron chi connectivity index (χ0n) is 15.6. The third-order valence-corrected chi connectivity index (χ3v) is 5.66. The molecule has 1 unspecified atom stereocenters. The number of carbonyl (C=O) groups excluding carboxylic acids is 1. The summed E-state index contributed by atoms with van der Waals surface area (Å²) in [5, 5.41) is 0. The van der Waals surface area contributed by atoms with Crippen molar-refractivity contribution in [1.82, 2.24) is 9.80 Å². The number of morpholine rings is 1. The summed E-state index contributed by atoms with van der Waals surface area (Å²) in [6, 6.07) is 6.58. The second kappa shape index (κ2) is 8.22. The van der Waals surface area contributed by atoms with Gasteiger partial charge in [0.15, 0.2) is 5.79 Å². The molecule has 1 aromatic carbocycles. The van der Waals surface area contributed by atoms with Crippen LogP contribution in [-0.2, 0) is 14.2 Å². The molecule has 1 amide bonds. The fraction of sp³-hybridized carbons (Fsp3) is 0.650. The quantitative estimate of drug-likeness (QED) is 0.787. The van der Waals surface area contributed by atoms with Gasteiger partial charge < -0.3 is 19.1 Å². The molecule has 0 saturated carbocycles. The summed E-state index contributed by atoms with van der Waals surface area (Å²) >= 11 is 0. The topological polar surface area (TPSA) is 51.2 Å². The van der Waals surface area contributed by atoms with Crippen LogP contribution in [0.3, 0.4) is 0 Å². The van der Waals surface area contributed by atoms with Crippen LogP contribution in [0.1, 0.15) is 29.6 Å². The first-order valence-corrected chi connectivity index (χ1v) is 9.80. The molecule has 7 heteroatoms. The van der Waals surface area contributed by atoms with Gasteiger partial charge in [-0.05, 0) is 31.4 Å². The van der Waals surface area contributed by atoms with Gasteiger partial charge in [0.25, 0.3) is 5.91 Å². The number of amides is 1. The number of hydrogen-bond donors (Lipinski definition) is 0. The maximum atomic E-state index is 14.1. The molecule has 3 heterocycles. The first-order valence-electron chi connectivity index (χ1n) is 9.80. The van der Waals surface area contributed by atoms with Gasteiger partial charge in [0.1, 0.15) is 5.82 Å². The molecular weight excluding hydrogens is 351 g/mol. The predicted molar refractivity (Wildman–Crippen MR) is 97.0 cm³/mol.